The summed E-state index contributed by atoms with van der Waals surface area (Å²) >= 11 is 1.94. The molecular formula is C17H27IN4O2S. The number of thioether (sulfide) groups is 1. The summed E-state index contributed by atoms with van der Waals surface area (Å²) in [5, 5.41) is 18.4. The van der Waals surface area contributed by atoms with Gasteiger partial charge in [-0.2, -0.15) is 11.8 Å². The third-order valence-electron chi connectivity index (χ3n) is 4.19. The van der Waals surface area contributed by atoms with Gasteiger partial charge in [-0.3, -0.25) is 10.1 Å². The lowest BCUT2D eigenvalue weighted by molar-refractivity contribution is -0.384. The lowest BCUT2D eigenvalue weighted by atomic mass is 9.95. The number of guanidine groups is 1. The van der Waals surface area contributed by atoms with Crippen molar-refractivity contribution in [1.82, 2.24) is 10.6 Å². The number of halogens is 1. The lowest BCUT2D eigenvalue weighted by Gasteiger charge is -2.29. The molecule has 0 aliphatic heterocycles. The van der Waals surface area contributed by atoms with Crippen LogP contribution in [0.2, 0.25) is 0 Å². The number of nitrogens with one attached hydrogen (secondary N) is 2. The molecule has 1 aliphatic carbocycles. The van der Waals surface area contributed by atoms with Gasteiger partial charge in [0.05, 0.1) is 11.5 Å². The number of hydrogen-bond donors (Lipinski definition) is 2. The molecule has 1 fully saturated rings. The van der Waals surface area contributed by atoms with Crippen LogP contribution in [0.15, 0.2) is 29.3 Å². The van der Waals surface area contributed by atoms with Gasteiger partial charge in [0.15, 0.2) is 5.96 Å². The van der Waals surface area contributed by atoms with E-state index in [1.165, 1.54) is 18.9 Å². The van der Waals surface area contributed by atoms with E-state index in [2.05, 4.69) is 21.9 Å². The number of aliphatic imine (C=N–C) groups is 1. The van der Waals surface area contributed by atoms with E-state index >= 15 is 0 Å². The zero-order valence-corrected chi connectivity index (χ0v) is 17.9. The monoisotopic (exact) mass is 478 g/mol. The Morgan fingerprint density at radius 3 is 2.92 bits per heavy atom. The molecule has 0 bridgehead atoms. The summed E-state index contributed by atoms with van der Waals surface area (Å²) in [4.78, 5) is 15.1. The first-order valence-corrected chi connectivity index (χ1v) is 9.72. The average Bonchev–Trinajstić information content (AvgIpc) is 2.60. The number of nitro groups is 1. The van der Waals surface area contributed by atoms with E-state index in [0.717, 1.165) is 36.2 Å². The Bertz CT molecular complexity index is 586. The number of benzene rings is 1. The fourth-order valence-electron chi connectivity index (χ4n) is 2.94. The molecule has 8 heteroatoms. The molecule has 25 heavy (non-hydrogen) atoms. The highest BCUT2D eigenvalue weighted by Gasteiger charge is 2.21. The number of nitrogens with zero attached hydrogens (tertiary/aromatic N) is 2. The van der Waals surface area contributed by atoms with E-state index < -0.39 is 0 Å². The van der Waals surface area contributed by atoms with Crippen molar-refractivity contribution in [3.63, 3.8) is 0 Å². The predicted octanol–water partition coefficient (Wildman–Crippen LogP) is 3.94. The van der Waals surface area contributed by atoms with Gasteiger partial charge in [0, 0.05) is 30.0 Å². The Kier molecular flexibility index (Phi) is 10.2. The van der Waals surface area contributed by atoms with Crippen LogP contribution in [0.4, 0.5) is 5.69 Å². The molecule has 1 aromatic rings. The predicted molar refractivity (Wildman–Crippen MR) is 116 cm³/mol. The van der Waals surface area contributed by atoms with Crippen LogP contribution in [0, 0.1) is 10.1 Å². The molecule has 1 aliphatic rings. The average molecular weight is 478 g/mol. The van der Waals surface area contributed by atoms with E-state index in [4.69, 9.17) is 0 Å². The summed E-state index contributed by atoms with van der Waals surface area (Å²) in [7, 11) is 0. The van der Waals surface area contributed by atoms with E-state index in [1.807, 2.05) is 24.8 Å². The Balaban J connectivity index is 0.00000312. The van der Waals surface area contributed by atoms with Crippen LogP contribution in [0.5, 0.6) is 0 Å². The van der Waals surface area contributed by atoms with Gasteiger partial charge in [0.25, 0.3) is 5.69 Å². The molecule has 1 aromatic carbocycles. The molecule has 6 nitrogen and oxygen atoms in total. The molecule has 0 amide bonds. The normalized spacial score (nSPS) is 20.5. The maximum absolute atomic E-state index is 10.9. The number of rotatable bonds is 6. The van der Waals surface area contributed by atoms with Crippen LogP contribution in [-0.4, -0.2) is 35.0 Å². The first kappa shape index (κ1) is 22.0. The summed E-state index contributed by atoms with van der Waals surface area (Å²) in [6, 6.07) is 7.09. The summed E-state index contributed by atoms with van der Waals surface area (Å²) < 4.78 is 0. The highest BCUT2D eigenvalue weighted by Crippen LogP contribution is 2.26. The number of hydrogen-bond acceptors (Lipinski definition) is 4. The van der Waals surface area contributed by atoms with Crippen LogP contribution in [0.1, 0.15) is 38.2 Å². The SMILES string of the molecule is CCNC(=NCc1cccc([N+](=O)[O-])c1)NC1CCCC(SC)C1.I. The summed E-state index contributed by atoms with van der Waals surface area (Å²) in [6.07, 6.45) is 7.03. The molecule has 0 heterocycles. The molecular weight excluding hydrogens is 451 g/mol. The van der Waals surface area contributed by atoms with Crippen molar-refractivity contribution in [1.29, 1.82) is 0 Å². The quantitative estimate of drug-likeness (QED) is 0.213. The van der Waals surface area contributed by atoms with Crippen molar-refractivity contribution in [2.75, 3.05) is 12.8 Å². The van der Waals surface area contributed by atoms with Crippen LogP contribution in [-0.2, 0) is 6.54 Å². The minimum absolute atomic E-state index is 0. The molecule has 0 spiro atoms. The highest BCUT2D eigenvalue weighted by molar-refractivity contribution is 14.0. The fourth-order valence-corrected chi connectivity index (χ4v) is 3.77. The van der Waals surface area contributed by atoms with Crippen LogP contribution in [0.25, 0.3) is 0 Å². The summed E-state index contributed by atoms with van der Waals surface area (Å²) in [5.74, 6) is 0.788. The number of nitro benzene ring substituents is 1. The Labute approximate surface area is 170 Å². The highest BCUT2D eigenvalue weighted by atomic mass is 127. The first-order chi connectivity index (χ1) is 11.6. The maximum Gasteiger partial charge on any atom is 0.269 e. The molecule has 2 rings (SSSR count). The van der Waals surface area contributed by atoms with E-state index in [9.17, 15) is 10.1 Å². The van der Waals surface area contributed by atoms with Crippen LogP contribution >= 0.6 is 35.7 Å². The Hall–Kier alpha value is -1.03. The van der Waals surface area contributed by atoms with Crippen molar-refractivity contribution in [3.05, 3.63) is 39.9 Å². The van der Waals surface area contributed by atoms with Gasteiger partial charge >= 0.3 is 0 Å². The fraction of sp³-hybridized carbons (Fsp3) is 0.588. The molecule has 2 N–H and O–H groups in total. The largest absolute Gasteiger partial charge is 0.357 e. The van der Waals surface area contributed by atoms with Gasteiger partial charge in [-0.1, -0.05) is 18.6 Å². The van der Waals surface area contributed by atoms with Gasteiger partial charge in [-0.05, 0) is 38.0 Å². The number of non-ortho nitro benzene ring substituents is 1. The van der Waals surface area contributed by atoms with Gasteiger partial charge in [-0.15, -0.1) is 24.0 Å². The smallest absolute Gasteiger partial charge is 0.269 e. The summed E-state index contributed by atoms with van der Waals surface area (Å²) in [6.45, 7) is 3.26. The Morgan fingerprint density at radius 2 is 2.24 bits per heavy atom. The minimum Gasteiger partial charge on any atom is -0.357 e. The third kappa shape index (κ3) is 7.39. The minimum atomic E-state index is -0.374. The molecule has 140 valence electrons. The van der Waals surface area contributed by atoms with Gasteiger partial charge < -0.3 is 10.6 Å². The van der Waals surface area contributed by atoms with Gasteiger partial charge in [0.1, 0.15) is 0 Å². The standard InChI is InChI=1S/C17H26N4O2S.HI/c1-3-18-17(20-14-7-5-9-16(11-14)24-2)19-12-13-6-4-8-15(10-13)21(22)23;/h4,6,8,10,14,16H,3,5,7,9,11-12H2,1-2H3,(H2,18,19,20);1H. The second-order valence-corrected chi connectivity index (χ2v) is 7.13. The molecule has 2 atom stereocenters. The van der Waals surface area contributed by atoms with Crippen molar-refractivity contribution in [3.8, 4) is 0 Å². The van der Waals surface area contributed by atoms with E-state index in [0.29, 0.717) is 12.6 Å². The molecule has 2 unspecified atom stereocenters. The maximum atomic E-state index is 10.9. The summed E-state index contributed by atoms with van der Waals surface area (Å²) in [5.41, 5.74) is 0.947. The van der Waals surface area contributed by atoms with Crippen molar-refractivity contribution in [2.45, 2.75) is 50.4 Å². The van der Waals surface area contributed by atoms with Gasteiger partial charge in [0.2, 0.25) is 0 Å². The van der Waals surface area contributed by atoms with Crippen LogP contribution in [0.3, 0.4) is 0 Å². The first-order valence-electron chi connectivity index (χ1n) is 8.43. The lowest BCUT2D eigenvalue weighted by Crippen LogP contribution is -2.45. The zero-order chi connectivity index (χ0) is 17.4. The van der Waals surface area contributed by atoms with Crippen molar-refractivity contribution in [2.24, 2.45) is 4.99 Å². The third-order valence-corrected chi connectivity index (χ3v) is 5.28. The topological polar surface area (TPSA) is 79.6 Å². The molecule has 0 saturated heterocycles. The van der Waals surface area contributed by atoms with Crippen molar-refractivity contribution >= 4 is 47.4 Å². The molecule has 0 radical (unpaired) electrons. The molecule has 0 aromatic heterocycles. The van der Waals surface area contributed by atoms with E-state index in [-0.39, 0.29) is 34.6 Å². The van der Waals surface area contributed by atoms with E-state index in [1.54, 1.807) is 12.1 Å². The van der Waals surface area contributed by atoms with Crippen LogP contribution < -0.4 is 10.6 Å². The van der Waals surface area contributed by atoms with Crippen molar-refractivity contribution < 1.29 is 4.92 Å². The second-order valence-electron chi connectivity index (χ2n) is 5.99. The Morgan fingerprint density at radius 1 is 1.44 bits per heavy atom. The van der Waals surface area contributed by atoms with Gasteiger partial charge in [-0.25, -0.2) is 4.99 Å². The zero-order valence-electron chi connectivity index (χ0n) is 14.7. The second kappa shape index (κ2) is 11.6. The molecule has 1 saturated carbocycles.